The first-order valence-electron chi connectivity index (χ1n) is 4.72. The van der Waals surface area contributed by atoms with E-state index in [2.05, 4.69) is 15.0 Å². The van der Waals surface area contributed by atoms with Crippen molar-refractivity contribution in [2.24, 2.45) is 0 Å². The Balaban J connectivity index is 2.21. The van der Waals surface area contributed by atoms with E-state index in [1.165, 1.54) is 7.11 Å². The fraction of sp³-hybridized carbons (Fsp3) is 0.889. The number of hydrogen-bond acceptors (Lipinski definition) is 4. The van der Waals surface area contributed by atoms with Gasteiger partial charge in [-0.15, -0.1) is 0 Å². The molecular weight excluding hydrogens is 168 g/mol. The zero-order valence-corrected chi connectivity index (χ0v) is 8.38. The Labute approximate surface area is 79.2 Å². The number of hydrogen-bond donors (Lipinski definition) is 1. The topological polar surface area (TPSA) is 41.6 Å². The van der Waals surface area contributed by atoms with E-state index >= 15 is 0 Å². The molecule has 1 saturated heterocycles. The van der Waals surface area contributed by atoms with Crippen LogP contribution in [-0.2, 0) is 9.53 Å². The maximum absolute atomic E-state index is 11.0. The van der Waals surface area contributed by atoms with Gasteiger partial charge in [-0.05, 0) is 19.9 Å². The lowest BCUT2D eigenvalue weighted by Crippen LogP contribution is -2.43. The minimum absolute atomic E-state index is 0.136. The minimum atomic E-state index is -0.136. The molecule has 4 nitrogen and oxygen atoms in total. The highest BCUT2D eigenvalue weighted by Gasteiger charge is 2.19. The maximum atomic E-state index is 11.0. The van der Waals surface area contributed by atoms with E-state index in [0.717, 1.165) is 25.9 Å². The molecular formula is C9H18N2O2. The quantitative estimate of drug-likeness (QED) is 0.622. The van der Waals surface area contributed by atoms with Gasteiger partial charge in [-0.1, -0.05) is 0 Å². The molecule has 0 unspecified atom stereocenters. The van der Waals surface area contributed by atoms with Gasteiger partial charge in [0.15, 0.2) is 0 Å². The Hall–Kier alpha value is -0.610. The van der Waals surface area contributed by atoms with Gasteiger partial charge in [-0.3, -0.25) is 9.69 Å². The molecule has 4 heteroatoms. The van der Waals surface area contributed by atoms with Gasteiger partial charge in [0.25, 0.3) is 0 Å². The van der Waals surface area contributed by atoms with Crippen LogP contribution in [0, 0.1) is 0 Å². The van der Waals surface area contributed by atoms with Crippen molar-refractivity contribution in [3.05, 3.63) is 0 Å². The lowest BCUT2D eigenvalue weighted by atomic mass is 10.1. The SMILES string of the molecule is CNC1CCN(CC(=O)OC)CC1. The number of carbonyl (C=O) groups is 1. The molecule has 0 aliphatic carbocycles. The van der Waals surface area contributed by atoms with E-state index in [1.807, 2.05) is 7.05 Å². The molecule has 0 atom stereocenters. The summed E-state index contributed by atoms with van der Waals surface area (Å²) in [5.74, 6) is -0.136. The Bertz CT molecular complexity index is 165. The molecule has 1 aliphatic rings. The first-order chi connectivity index (χ1) is 6.26. The summed E-state index contributed by atoms with van der Waals surface area (Å²) in [5, 5.41) is 3.25. The molecule has 1 fully saturated rings. The number of piperidine rings is 1. The van der Waals surface area contributed by atoms with Gasteiger partial charge < -0.3 is 10.1 Å². The molecule has 76 valence electrons. The molecule has 1 heterocycles. The van der Waals surface area contributed by atoms with Crippen LogP contribution in [0.25, 0.3) is 0 Å². The molecule has 0 aromatic rings. The van der Waals surface area contributed by atoms with Crippen LogP contribution in [0.5, 0.6) is 0 Å². The van der Waals surface area contributed by atoms with E-state index in [1.54, 1.807) is 0 Å². The summed E-state index contributed by atoms with van der Waals surface area (Å²) >= 11 is 0. The zero-order chi connectivity index (χ0) is 9.68. The first-order valence-corrected chi connectivity index (χ1v) is 4.72. The summed E-state index contributed by atoms with van der Waals surface area (Å²) < 4.78 is 4.61. The number of carbonyl (C=O) groups excluding carboxylic acids is 1. The second-order valence-corrected chi connectivity index (χ2v) is 3.42. The lowest BCUT2D eigenvalue weighted by Gasteiger charge is -2.30. The largest absolute Gasteiger partial charge is 0.468 e. The monoisotopic (exact) mass is 186 g/mol. The number of likely N-dealkylation sites (tertiary alicyclic amines) is 1. The fourth-order valence-corrected chi connectivity index (χ4v) is 1.63. The highest BCUT2D eigenvalue weighted by Crippen LogP contribution is 2.09. The van der Waals surface area contributed by atoms with Gasteiger partial charge in [0.2, 0.25) is 0 Å². The van der Waals surface area contributed by atoms with Crippen molar-refractivity contribution in [2.45, 2.75) is 18.9 Å². The van der Waals surface area contributed by atoms with Crippen LogP contribution in [0.1, 0.15) is 12.8 Å². The summed E-state index contributed by atoms with van der Waals surface area (Å²) in [6.45, 7) is 2.41. The van der Waals surface area contributed by atoms with Gasteiger partial charge in [0, 0.05) is 19.1 Å². The Morgan fingerprint density at radius 1 is 1.54 bits per heavy atom. The highest BCUT2D eigenvalue weighted by molar-refractivity contribution is 5.71. The second-order valence-electron chi connectivity index (χ2n) is 3.42. The van der Waals surface area contributed by atoms with Crippen LogP contribution in [0.4, 0.5) is 0 Å². The average Bonchev–Trinajstić information content (AvgIpc) is 2.19. The second kappa shape index (κ2) is 5.19. The summed E-state index contributed by atoms with van der Waals surface area (Å²) in [5.41, 5.74) is 0. The molecule has 0 amide bonds. The van der Waals surface area contributed by atoms with Crippen LogP contribution < -0.4 is 5.32 Å². The van der Waals surface area contributed by atoms with Crippen molar-refractivity contribution >= 4 is 5.97 Å². The predicted octanol–water partition coefficient (Wildman–Crippen LogP) is -0.157. The Morgan fingerprint density at radius 2 is 2.15 bits per heavy atom. The molecule has 13 heavy (non-hydrogen) atoms. The molecule has 0 aromatic carbocycles. The van der Waals surface area contributed by atoms with Crippen molar-refractivity contribution in [3.63, 3.8) is 0 Å². The number of ether oxygens (including phenoxy) is 1. The molecule has 1 aliphatic heterocycles. The van der Waals surface area contributed by atoms with Gasteiger partial charge in [0.1, 0.15) is 0 Å². The van der Waals surface area contributed by atoms with E-state index in [9.17, 15) is 4.79 Å². The number of esters is 1. The van der Waals surface area contributed by atoms with Crippen molar-refractivity contribution in [1.82, 2.24) is 10.2 Å². The van der Waals surface area contributed by atoms with Crippen molar-refractivity contribution in [2.75, 3.05) is 33.8 Å². The lowest BCUT2D eigenvalue weighted by molar-refractivity contribution is -0.142. The van der Waals surface area contributed by atoms with Crippen molar-refractivity contribution in [1.29, 1.82) is 0 Å². The third kappa shape index (κ3) is 3.32. The van der Waals surface area contributed by atoms with Crippen LogP contribution >= 0.6 is 0 Å². The summed E-state index contributed by atoms with van der Waals surface area (Å²) in [6, 6.07) is 0.619. The highest BCUT2D eigenvalue weighted by atomic mass is 16.5. The van der Waals surface area contributed by atoms with Crippen LogP contribution in [0.15, 0.2) is 0 Å². The Morgan fingerprint density at radius 3 is 2.62 bits per heavy atom. The maximum Gasteiger partial charge on any atom is 0.319 e. The van der Waals surface area contributed by atoms with Crippen LogP contribution in [0.2, 0.25) is 0 Å². The number of methoxy groups -OCH3 is 1. The van der Waals surface area contributed by atoms with Crippen molar-refractivity contribution in [3.8, 4) is 0 Å². The fourth-order valence-electron chi connectivity index (χ4n) is 1.63. The minimum Gasteiger partial charge on any atom is -0.468 e. The van der Waals surface area contributed by atoms with E-state index < -0.39 is 0 Å². The van der Waals surface area contributed by atoms with E-state index in [4.69, 9.17) is 0 Å². The zero-order valence-electron chi connectivity index (χ0n) is 8.38. The molecule has 0 bridgehead atoms. The van der Waals surface area contributed by atoms with Gasteiger partial charge in [0.05, 0.1) is 13.7 Å². The number of rotatable bonds is 3. The molecule has 0 saturated carbocycles. The number of nitrogens with one attached hydrogen (secondary N) is 1. The third-order valence-corrected chi connectivity index (χ3v) is 2.58. The predicted molar refractivity (Wildman–Crippen MR) is 50.5 cm³/mol. The smallest absolute Gasteiger partial charge is 0.319 e. The summed E-state index contributed by atoms with van der Waals surface area (Å²) in [6.07, 6.45) is 2.24. The third-order valence-electron chi connectivity index (χ3n) is 2.58. The van der Waals surface area contributed by atoms with Crippen LogP contribution in [-0.4, -0.2) is 50.7 Å². The molecule has 0 aromatic heterocycles. The molecule has 1 N–H and O–H groups in total. The average molecular weight is 186 g/mol. The summed E-state index contributed by atoms with van der Waals surface area (Å²) in [7, 11) is 3.42. The van der Waals surface area contributed by atoms with Gasteiger partial charge >= 0.3 is 5.97 Å². The van der Waals surface area contributed by atoms with Crippen molar-refractivity contribution < 1.29 is 9.53 Å². The molecule has 0 spiro atoms. The normalized spacial score (nSPS) is 20.2. The number of nitrogens with zero attached hydrogens (tertiary/aromatic N) is 1. The van der Waals surface area contributed by atoms with E-state index in [0.29, 0.717) is 12.6 Å². The van der Waals surface area contributed by atoms with Gasteiger partial charge in [-0.25, -0.2) is 0 Å². The van der Waals surface area contributed by atoms with Gasteiger partial charge in [-0.2, -0.15) is 0 Å². The molecule has 0 radical (unpaired) electrons. The standard InChI is InChI=1S/C9H18N2O2/c1-10-8-3-5-11(6-4-8)7-9(12)13-2/h8,10H,3-7H2,1-2H3. The first kappa shape index (κ1) is 10.5. The summed E-state index contributed by atoms with van der Waals surface area (Å²) in [4.78, 5) is 13.1. The molecule has 1 rings (SSSR count). The van der Waals surface area contributed by atoms with Crippen LogP contribution in [0.3, 0.4) is 0 Å². The Kier molecular flexibility index (Phi) is 4.18. The van der Waals surface area contributed by atoms with E-state index in [-0.39, 0.29) is 5.97 Å².